The number of amides is 2. The van der Waals surface area contributed by atoms with Crippen molar-refractivity contribution in [1.29, 1.82) is 0 Å². The molecule has 0 atom stereocenters. The Morgan fingerprint density at radius 2 is 1.74 bits per heavy atom. The van der Waals surface area contributed by atoms with E-state index in [0.717, 1.165) is 11.6 Å². The van der Waals surface area contributed by atoms with Crippen molar-refractivity contribution >= 4 is 23.5 Å². The second kappa shape index (κ2) is 11.3. The minimum absolute atomic E-state index is 0.00450. The molecule has 0 aliphatic rings. The number of ether oxygens (including phenoxy) is 2. The van der Waals surface area contributed by atoms with E-state index in [1.165, 1.54) is 62.0 Å². The minimum Gasteiger partial charge on any atom is -0.468 e. The maximum atomic E-state index is 14.5. The fourth-order valence-electron chi connectivity index (χ4n) is 3.40. The molecule has 2 aromatic carbocycles. The average molecular weight is 520 g/mol. The number of methoxy groups -OCH3 is 1. The number of carbonyl (C=O) groups is 3. The van der Waals surface area contributed by atoms with Crippen LogP contribution in [-0.2, 0) is 9.53 Å². The number of halogens is 2. The first kappa shape index (κ1) is 26.0. The van der Waals surface area contributed by atoms with Gasteiger partial charge in [0.1, 0.15) is 18.1 Å². The van der Waals surface area contributed by atoms with Gasteiger partial charge in [0.05, 0.1) is 29.7 Å². The Hall–Kier alpha value is -5.06. The number of pyridine rings is 1. The van der Waals surface area contributed by atoms with Gasteiger partial charge in [0, 0.05) is 24.0 Å². The summed E-state index contributed by atoms with van der Waals surface area (Å²) in [6.07, 6.45) is 2.87. The number of hydrogen-bond acceptors (Lipinski definition) is 6. The van der Waals surface area contributed by atoms with Crippen LogP contribution in [0.15, 0.2) is 67.0 Å². The van der Waals surface area contributed by atoms with Gasteiger partial charge in [-0.25, -0.2) is 8.78 Å². The molecule has 0 radical (unpaired) electrons. The molecule has 0 aliphatic carbocycles. The summed E-state index contributed by atoms with van der Waals surface area (Å²) >= 11 is 0. The molecule has 194 valence electrons. The zero-order valence-corrected chi connectivity index (χ0v) is 20.3. The summed E-state index contributed by atoms with van der Waals surface area (Å²) in [5.41, 5.74) is 1.93. The fraction of sp³-hybridized carbons (Fsp3) is 0.111. The third kappa shape index (κ3) is 6.19. The highest BCUT2D eigenvalue weighted by Gasteiger charge is 2.15. The number of anilines is 1. The van der Waals surface area contributed by atoms with Gasteiger partial charge in [-0.05, 0) is 55.0 Å². The summed E-state index contributed by atoms with van der Waals surface area (Å²) < 4.78 is 38.7. The van der Waals surface area contributed by atoms with Crippen LogP contribution in [-0.4, -0.2) is 41.4 Å². The van der Waals surface area contributed by atoms with Gasteiger partial charge in [-0.15, -0.1) is 0 Å². The molecule has 0 bridgehead atoms. The molecule has 3 N–H and O–H groups in total. The molecule has 4 aromatic rings. The van der Waals surface area contributed by atoms with Crippen LogP contribution in [0.3, 0.4) is 0 Å². The van der Waals surface area contributed by atoms with Crippen LogP contribution in [0, 0.1) is 18.6 Å². The number of benzene rings is 2. The van der Waals surface area contributed by atoms with Crippen molar-refractivity contribution in [2.24, 2.45) is 0 Å². The summed E-state index contributed by atoms with van der Waals surface area (Å²) in [7, 11) is 1.22. The molecule has 0 fully saturated rings. The monoisotopic (exact) mass is 520 g/mol. The Balaban J connectivity index is 1.49. The molecule has 38 heavy (non-hydrogen) atoms. The van der Waals surface area contributed by atoms with Crippen LogP contribution < -0.4 is 15.4 Å². The van der Waals surface area contributed by atoms with Gasteiger partial charge in [-0.3, -0.25) is 19.4 Å². The molecule has 4 rings (SSSR count). The van der Waals surface area contributed by atoms with E-state index in [4.69, 9.17) is 4.74 Å². The van der Waals surface area contributed by atoms with Gasteiger partial charge >= 0.3 is 5.97 Å². The molecule has 0 unspecified atom stereocenters. The normalized spacial score (nSPS) is 10.5. The zero-order chi connectivity index (χ0) is 27.2. The van der Waals surface area contributed by atoms with E-state index in [2.05, 4.69) is 25.3 Å². The molecule has 2 heterocycles. The van der Waals surface area contributed by atoms with Crippen molar-refractivity contribution in [3.8, 4) is 22.9 Å². The highest BCUT2D eigenvalue weighted by atomic mass is 19.1. The fourth-order valence-corrected chi connectivity index (χ4v) is 3.40. The number of aromatic amines is 1. The summed E-state index contributed by atoms with van der Waals surface area (Å²) in [6, 6.07) is 12.4. The van der Waals surface area contributed by atoms with Crippen molar-refractivity contribution < 1.29 is 32.6 Å². The van der Waals surface area contributed by atoms with E-state index in [1.54, 1.807) is 13.0 Å². The summed E-state index contributed by atoms with van der Waals surface area (Å²) in [4.78, 5) is 43.2. The van der Waals surface area contributed by atoms with Crippen molar-refractivity contribution in [2.75, 3.05) is 19.0 Å². The summed E-state index contributed by atoms with van der Waals surface area (Å²) in [6.45, 7) is 1.48. The third-order valence-electron chi connectivity index (χ3n) is 5.36. The maximum absolute atomic E-state index is 14.5. The second-order valence-electron chi connectivity index (χ2n) is 8.12. The minimum atomic E-state index is -0.717. The lowest BCUT2D eigenvalue weighted by Gasteiger charge is -2.11. The lowest BCUT2D eigenvalue weighted by atomic mass is 10.1. The molecule has 11 heteroatoms. The number of hydrogen-bond donors (Lipinski definition) is 3. The van der Waals surface area contributed by atoms with Crippen LogP contribution in [0.4, 0.5) is 14.5 Å². The van der Waals surface area contributed by atoms with Gasteiger partial charge in [0.2, 0.25) is 0 Å². The molecular formula is C27H22F2N4O5. The Kier molecular flexibility index (Phi) is 7.76. The highest BCUT2D eigenvalue weighted by molar-refractivity contribution is 6.04. The predicted molar refractivity (Wildman–Crippen MR) is 134 cm³/mol. The average Bonchev–Trinajstić information content (AvgIpc) is 3.41. The number of nitrogens with zero attached hydrogens (tertiary/aromatic N) is 1. The Bertz CT molecular complexity index is 1520. The van der Waals surface area contributed by atoms with Gasteiger partial charge in [-0.1, -0.05) is 6.07 Å². The first-order valence-corrected chi connectivity index (χ1v) is 11.3. The van der Waals surface area contributed by atoms with E-state index in [0.29, 0.717) is 11.4 Å². The molecule has 0 aliphatic heterocycles. The topological polar surface area (TPSA) is 122 Å². The third-order valence-corrected chi connectivity index (χ3v) is 5.36. The number of carbonyl (C=O) groups excluding carboxylic acids is 3. The van der Waals surface area contributed by atoms with E-state index in [1.807, 2.05) is 0 Å². The van der Waals surface area contributed by atoms with E-state index in [9.17, 15) is 23.2 Å². The largest absolute Gasteiger partial charge is 0.468 e. The molecular weight excluding hydrogens is 498 g/mol. The number of H-pyrrole nitrogens is 1. The molecule has 2 aromatic heterocycles. The number of aryl methyl sites for hydroxylation is 1. The van der Waals surface area contributed by atoms with E-state index in [-0.39, 0.29) is 34.9 Å². The summed E-state index contributed by atoms with van der Waals surface area (Å²) in [5, 5.41) is 4.90. The first-order chi connectivity index (χ1) is 18.2. The maximum Gasteiger partial charge on any atom is 0.325 e. The van der Waals surface area contributed by atoms with Gasteiger partial charge < -0.3 is 25.1 Å². The molecule has 0 saturated carbocycles. The molecule has 0 spiro atoms. The molecule has 0 saturated heterocycles. The van der Waals surface area contributed by atoms with Gasteiger partial charge in [-0.2, -0.15) is 0 Å². The van der Waals surface area contributed by atoms with Crippen LogP contribution >= 0.6 is 0 Å². The zero-order valence-electron chi connectivity index (χ0n) is 20.3. The smallest absolute Gasteiger partial charge is 0.325 e. The quantitative estimate of drug-likeness (QED) is 0.292. The number of aromatic nitrogens is 2. The predicted octanol–water partition coefficient (Wildman–Crippen LogP) is 4.61. The SMILES string of the molecule is COC(=O)CNC(=O)c1c[nH]c(-c2cc(Oc3cc(C(=O)Nc4cc(C)ccc4F)ccc3F)ccn2)c1. The Morgan fingerprint density at radius 1 is 0.947 bits per heavy atom. The lowest BCUT2D eigenvalue weighted by molar-refractivity contribution is -0.139. The van der Waals surface area contributed by atoms with Crippen LogP contribution in [0.5, 0.6) is 11.5 Å². The standard InChI is InChI=1S/C27H22F2N4O5/c1-15-3-5-19(28)21(9-15)33-27(36)16-4-6-20(29)24(11-16)38-18-7-8-30-23(12-18)22-10-17(13-31-22)26(35)32-14-25(34)37-2/h3-13,31H,14H2,1-2H3,(H,32,35)(H,33,36). The second-order valence-corrected chi connectivity index (χ2v) is 8.12. The number of esters is 1. The van der Waals surface area contributed by atoms with Crippen molar-refractivity contribution in [1.82, 2.24) is 15.3 Å². The number of nitrogens with one attached hydrogen (secondary N) is 3. The van der Waals surface area contributed by atoms with Gasteiger partial charge in [0.15, 0.2) is 11.6 Å². The lowest BCUT2D eigenvalue weighted by Crippen LogP contribution is -2.29. The molecule has 2 amide bonds. The molecule has 9 nitrogen and oxygen atoms in total. The van der Waals surface area contributed by atoms with Crippen molar-refractivity contribution in [3.05, 3.63) is 95.3 Å². The number of rotatable bonds is 8. The Morgan fingerprint density at radius 3 is 2.53 bits per heavy atom. The first-order valence-electron chi connectivity index (χ1n) is 11.3. The van der Waals surface area contributed by atoms with Crippen molar-refractivity contribution in [3.63, 3.8) is 0 Å². The van der Waals surface area contributed by atoms with Crippen LogP contribution in [0.1, 0.15) is 26.3 Å². The van der Waals surface area contributed by atoms with Crippen LogP contribution in [0.2, 0.25) is 0 Å². The van der Waals surface area contributed by atoms with Crippen LogP contribution in [0.25, 0.3) is 11.4 Å². The summed E-state index contributed by atoms with van der Waals surface area (Å²) in [5.74, 6) is -3.05. The van der Waals surface area contributed by atoms with E-state index < -0.39 is 29.4 Å². The van der Waals surface area contributed by atoms with Gasteiger partial charge in [0.25, 0.3) is 11.8 Å². The van der Waals surface area contributed by atoms with E-state index >= 15 is 0 Å². The Labute approximate surface area is 215 Å². The highest BCUT2D eigenvalue weighted by Crippen LogP contribution is 2.29. The van der Waals surface area contributed by atoms with Crippen molar-refractivity contribution in [2.45, 2.75) is 6.92 Å².